The van der Waals surface area contributed by atoms with Gasteiger partial charge in [-0.05, 0) is 49.2 Å². The van der Waals surface area contributed by atoms with Crippen molar-refractivity contribution in [2.75, 3.05) is 10.6 Å². The van der Waals surface area contributed by atoms with Crippen LogP contribution in [0.3, 0.4) is 0 Å². The fourth-order valence-electron chi connectivity index (χ4n) is 5.24. The van der Waals surface area contributed by atoms with Gasteiger partial charge in [0.1, 0.15) is 11.5 Å². The molecule has 6 rings (SSSR count). The Morgan fingerprint density at radius 1 is 1.11 bits per heavy atom. The van der Waals surface area contributed by atoms with Crippen LogP contribution in [0.15, 0.2) is 48.9 Å². The Morgan fingerprint density at radius 3 is 2.66 bits per heavy atom. The van der Waals surface area contributed by atoms with Crippen LogP contribution in [0, 0.1) is 6.92 Å². The van der Waals surface area contributed by atoms with Crippen molar-refractivity contribution in [3.8, 4) is 0 Å². The zero-order chi connectivity index (χ0) is 26.8. The van der Waals surface area contributed by atoms with E-state index in [0.29, 0.717) is 36.9 Å². The molecule has 0 fully saturated rings. The highest BCUT2D eigenvalue weighted by Gasteiger charge is 2.31. The summed E-state index contributed by atoms with van der Waals surface area (Å²) in [4.78, 5) is 11.3. The van der Waals surface area contributed by atoms with E-state index in [1.807, 2.05) is 39.2 Å². The Bertz CT molecular complexity index is 1690. The molecule has 0 saturated carbocycles. The molecule has 1 aliphatic heterocycles. The van der Waals surface area contributed by atoms with Gasteiger partial charge in [-0.1, -0.05) is 6.07 Å². The third-order valence-electron chi connectivity index (χ3n) is 7.00. The number of nitrogens with zero attached hydrogens (tertiary/aromatic N) is 6. The maximum atomic E-state index is 13.2. The molecule has 11 heteroatoms. The van der Waals surface area contributed by atoms with Crippen LogP contribution in [-0.4, -0.2) is 24.1 Å². The molecule has 5 heterocycles. The van der Waals surface area contributed by atoms with Gasteiger partial charge in [0.2, 0.25) is 0 Å². The summed E-state index contributed by atoms with van der Waals surface area (Å²) >= 11 is 0. The highest BCUT2D eigenvalue weighted by molar-refractivity contribution is 5.87. The number of nitrogen functional groups attached to an aromatic ring is 1. The fourth-order valence-corrected chi connectivity index (χ4v) is 5.24. The Balaban J connectivity index is 1.37. The number of nitrogens with two attached hydrogens (primary N) is 1. The average Bonchev–Trinajstić information content (AvgIpc) is 3.54. The molecule has 38 heavy (non-hydrogen) atoms. The lowest BCUT2D eigenvalue weighted by atomic mass is 10.00. The Labute approximate surface area is 216 Å². The SMILES string of the molecule is Cc1nn(C)cc1N(Cc1ccc2nc(N)c3c(c2c1)COC3C)Cc1cn2cc(C(F)(F)F)ccc2n1. The molecule has 8 nitrogen and oxygen atoms in total. The number of halogens is 3. The highest BCUT2D eigenvalue weighted by Crippen LogP contribution is 2.38. The third kappa shape index (κ3) is 4.22. The number of hydrogen-bond donors (Lipinski definition) is 1. The average molecular weight is 522 g/mol. The van der Waals surface area contributed by atoms with Gasteiger partial charge in [0.25, 0.3) is 0 Å². The molecule has 0 radical (unpaired) electrons. The summed E-state index contributed by atoms with van der Waals surface area (Å²) in [7, 11) is 1.86. The number of fused-ring (bicyclic) bond motifs is 4. The maximum Gasteiger partial charge on any atom is 0.417 e. The minimum atomic E-state index is -4.42. The van der Waals surface area contributed by atoms with Crippen LogP contribution in [0.25, 0.3) is 16.6 Å². The van der Waals surface area contributed by atoms with Crippen molar-refractivity contribution in [3.05, 3.63) is 82.6 Å². The van der Waals surface area contributed by atoms with E-state index in [1.54, 1.807) is 10.9 Å². The van der Waals surface area contributed by atoms with Crippen molar-refractivity contribution in [1.82, 2.24) is 24.1 Å². The molecular formula is C27H26F3N7O. The number of anilines is 2. The molecule has 1 aliphatic rings. The van der Waals surface area contributed by atoms with E-state index < -0.39 is 11.7 Å². The van der Waals surface area contributed by atoms with Crippen LogP contribution in [0.1, 0.15) is 46.7 Å². The number of rotatable bonds is 5. The first-order valence-corrected chi connectivity index (χ1v) is 12.2. The van der Waals surface area contributed by atoms with E-state index in [2.05, 4.69) is 26.0 Å². The van der Waals surface area contributed by atoms with E-state index in [0.717, 1.165) is 51.2 Å². The molecule has 196 valence electrons. The fraction of sp³-hybridized carbons (Fsp3) is 0.296. The minimum Gasteiger partial charge on any atom is -0.383 e. The molecule has 0 saturated heterocycles. The van der Waals surface area contributed by atoms with Crippen molar-refractivity contribution in [2.45, 2.75) is 45.8 Å². The second kappa shape index (κ2) is 8.73. The molecule has 2 N–H and O–H groups in total. The van der Waals surface area contributed by atoms with E-state index in [9.17, 15) is 13.2 Å². The summed E-state index contributed by atoms with van der Waals surface area (Å²) in [5, 5.41) is 5.50. The predicted octanol–water partition coefficient (Wildman–Crippen LogP) is 5.32. The van der Waals surface area contributed by atoms with Gasteiger partial charge in [-0.15, -0.1) is 0 Å². The summed E-state index contributed by atoms with van der Waals surface area (Å²) in [5.74, 6) is 0.499. The molecule has 0 amide bonds. The lowest BCUT2D eigenvalue weighted by Gasteiger charge is -2.23. The Morgan fingerprint density at radius 2 is 1.92 bits per heavy atom. The van der Waals surface area contributed by atoms with Crippen LogP contribution in [0.2, 0.25) is 0 Å². The topological polar surface area (TPSA) is 86.5 Å². The van der Waals surface area contributed by atoms with Gasteiger partial charge in [0, 0.05) is 43.1 Å². The highest BCUT2D eigenvalue weighted by atomic mass is 19.4. The lowest BCUT2D eigenvalue weighted by molar-refractivity contribution is -0.137. The second-order valence-corrected chi connectivity index (χ2v) is 9.74. The van der Waals surface area contributed by atoms with Crippen molar-refractivity contribution >= 4 is 28.1 Å². The van der Waals surface area contributed by atoms with E-state index >= 15 is 0 Å². The van der Waals surface area contributed by atoms with Crippen LogP contribution < -0.4 is 10.6 Å². The molecule has 5 aromatic rings. The van der Waals surface area contributed by atoms with Gasteiger partial charge >= 0.3 is 6.18 Å². The van der Waals surface area contributed by atoms with Gasteiger partial charge in [-0.25, -0.2) is 9.97 Å². The van der Waals surface area contributed by atoms with E-state index in [4.69, 9.17) is 10.5 Å². The monoisotopic (exact) mass is 521 g/mol. The van der Waals surface area contributed by atoms with Crippen LogP contribution in [-0.2, 0) is 37.7 Å². The van der Waals surface area contributed by atoms with E-state index in [1.165, 1.54) is 10.5 Å². The molecule has 0 aliphatic carbocycles. The van der Waals surface area contributed by atoms with Gasteiger partial charge in [-0.3, -0.25) is 4.68 Å². The van der Waals surface area contributed by atoms with Crippen molar-refractivity contribution in [1.29, 1.82) is 0 Å². The minimum absolute atomic E-state index is 0.104. The van der Waals surface area contributed by atoms with Gasteiger partial charge < -0.3 is 19.8 Å². The molecule has 1 aromatic carbocycles. The van der Waals surface area contributed by atoms with Crippen LogP contribution in [0.4, 0.5) is 24.7 Å². The van der Waals surface area contributed by atoms with Gasteiger partial charge in [0.05, 0.1) is 47.4 Å². The van der Waals surface area contributed by atoms with Crippen molar-refractivity contribution < 1.29 is 17.9 Å². The molecular weight excluding hydrogens is 495 g/mol. The summed E-state index contributed by atoms with van der Waals surface area (Å²) in [6, 6.07) is 8.52. The van der Waals surface area contributed by atoms with Crippen LogP contribution in [0.5, 0.6) is 0 Å². The molecule has 1 unspecified atom stereocenters. The Hall–Kier alpha value is -4.12. The predicted molar refractivity (Wildman–Crippen MR) is 137 cm³/mol. The largest absolute Gasteiger partial charge is 0.417 e. The van der Waals surface area contributed by atoms with E-state index in [-0.39, 0.29) is 6.10 Å². The first-order valence-electron chi connectivity index (χ1n) is 12.2. The zero-order valence-electron chi connectivity index (χ0n) is 21.1. The summed E-state index contributed by atoms with van der Waals surface area (Å²) < 4.78 is 48.6. The van der Waals surface area contributed by atoms with Crippen molar-refractivity contribution in [3.63, 3.8) is 0 Å². The number of benzene rings is 1. The number of ether oxygens (including phenoxy) is 1. The number of imidazole rings is 1. The van der Waals surface area contributed by atoms with Gasteiger partial charge in [0.15, 0.2) is 0 Å². The first-order chi connectivity index (χ1) is 18.1. The molecule has 0 bridgehead atoms. The summed E-state index contributed by atoms with van der Waals surface area (Å²) in [5.41, 5.74) is 12.2. The smallest absolute Gasteiger partial charge is 0.383 e. The number of hydrogen-bond acceptors (Lipinski definition) is 6. The molecule has 1 atom stereocenters. The first kappa shape index (κ1) is 24.2. The van der Waals surface area contributed by atoms with Crippen molar-refractivity contribution in [2.24, 2.45) is 7.05 Å². The lowest BCUT2D eigenvalue weighted by Crippen LogP contribution is -2.22. The normalized spacial score (nSPS) is 15.5. The third-order valence-corrected chi connectivity index (χ3v) is 7.00. The van der Waals surface area contributed by atoms with Crippen LogP contribution >= 0.6 is 0 Å². The Kier molecular flexibility index (Phi) is 5.56. The number of pyridine rings is 2. The molecule has 0 spiro atoms. The summed E-state index contributed by atoms with van der Waals surface area (Å²) in [6.07, 6.45) is 0.117. The van der Waals surface area contributed by atoms with Gasteiger partial charge in [-0.2, -0.15) is 18.3 Å². The standard InChI is InChI=1S/C27H26F3N7O/c1-15-23(13-35(3)34-15)36(11-19-12-37-10-18(27(28,29)30)5-7-24(37)32-19)9-17-4-6-22-20(8-17)21-14-38-16(2)25(21)26(31)33-22/h4-8,10,12-13,16H,9,11,14H2,1-3H3,(H2,31,33). The quantitative estimate of drug-likeness (QED) is 0.337. The maximum absolute atomic E-state index is 13.2. The second-order valence-electron chi connectivity index (χ2n) is 9.74. The summed E-state index contributed by atoms with van der Waals surface area (Å²) in [6.45, 7) is 5.29. The number of aryl methyl sites for hydroxylation is 2. The molecule has 4 aromatic heterocycles. The number of alkyl halides is 3. The zero-order valence-corrected chi connectivity index (χ0v) is 21.1. The number of aromatic nitrogens is 5.